The Morgan fingerprint density at radius 3 is 2.81 bits per heavy atom. The van der Waals surface area contributed by atoms with Gasteiger partial charge in [0, 0.05) is 5.54 Å². The SMILES string of the molecule is CCC(C)(C)n1c(=O)[nH]c2c(N)ncnc21. The van der Waals surface area contributed by atoms with Crippen molar-refractivity contribution in [1.82, 2.24) is 19.5 Å². The molecule has 0 saturated carbocycles. The Balaban J connectivity index is 2.85. The number of nitrogen functional groups attached to an aromatic ring is 1. The molecule has 0 aromatic carbocycles. The van der Waals surface area contributed by atoms with E-state index in [1.54, 1.807) is 4.57 Å². The molecule has 2 aromatic heterocycles. The second kappa shape index (κ2) is 3.33. The van der Waals surface area contributed by atoms with E-state index in [1.807, 2.05) is 20.8 Å². The van der Waals surface area contributed by atoms with Gasteiger partial charge in [-0.15, -0.1) is 0 Å². The van der Waals surface area contributed by atoms with E-state index in [0.717, 1.165) is 6.42 Å². The van der Waals surface area contributed by atoms with Crippen LogP contribution in [0, 0.1) is 0 Å². The molecule has 0 spiro atoms. The number of aromatic amines is 1. The fourth-order valence-corrected chi connectivity index (χ4v) is 1.66. The van der Waals surface area contributed by atoms with Crippen molar-refractivity contribution in [2.45, 2.75) is 32.7 Å². The molecule has 86 valence electrons. The van der Waals surface area contributed by atoms with Crippen molar-refractivity contribution in [1.29, 1.82) is 0 Å². The number of nitrogens with one attached hydrogen (secondary N) is 1. The minimum absolute atomic E-state index is 0.200. The van der Waals surface area contributed by atoms with Crippen molar-refractivity contribution >= 4 is 17.0 Å². The standard InChI is InChI=1S/C10H15N5O/c1-4-10(2,3)15-8-6(14-9(15)16)7(11)12-5-13-8/h5H,4H2,1-3H3,(H,14,16)(H2,11,12,13). The lowest BCUT2D eigenvalue weighted by molar-refractivity contribution is 0.341. The zero-order chi connectivity index (χ0) is 11.9. The van der Waals surface area contributed by atoms with Crippen LogP contribution in [-0.4, -0.2) is 19.5 Å². The fourth-order valence-electron chi connectivity index (χ4n) is 1.66. The maximum absolute atomic E-state index is 11.9. The van der Waals surface area contributed by atoms with E-state index in [4.69, 9.17) is 5.73 Å². The van der Waals surface area contributed by atoms with Crippen molar-refractivity contribution < 1.29 is 0 Å². The lowest BCUT2D eigenvalue weighted by Gasteiger charge is -2.23. The first-order chi connectivity index (χ1) is 7.47. The molecule has 0 aliphatic carbocycles. The monoisotopic (exact) mass is 221 g/mol. The predicted octanol–water partition coefficient (Wildman–Crippen LogP) is 0.847. The summed E-state index contributed by atoms with van der Waals surface area (Å²) in [6.45, 7) is 6.00. The number of fused-ring (bicyclic) bond motifs is 1. The Morgan fingerprint density at radius 2 is 2.19 bits per heavy atom. The predicted molar refractivity (Wildman–Crippen MR) is 62.2 cm³/mol. The summed E-state index contributed by atoms with van der Waals surface area (Å²) in [6.07, 6.45) is 2.19. The summed E-state index contributed by atoms with van der Waals surface area (Å²) >= 11 is 0. The molecule has 16 heavy (non-hydrogen) atoms. The first-order valence-corrected chi connectivity index (χ1v) is 5.19. The molecule has 0 aliphatic rings. The molecule has 3 N–H and O–H groups in total. The summed E-state index contributed by atoms with van der Waals surface area (Å²) in [5.41, 5.74) is 6.26. The second-order valence-corrected chi connectivity index (χ2v) is 4.39. The summed E-state index contributed by atoms with van der Waals surface area (Å²) in [6, 6.07) is 0. The van der Waals surface area contributed by atoms with Crippen LogP contribution in [0.15, 0.2) is 11.1 Å². The first kappa shape index (κ1) is 10.7. The zero-order valence-corrected chi connectivity index (χ0v) is 9.61. The molecule has 0 fully saturated rings. The third kappa shape index (κ3) is 1.37. The van der Waals surface area contributed by atoms with E-state index in [9.17, 15) is 4.79 Å². The van der Waals surface area contributed by atoms with Crippen molar-refractivity contribution in [2.75, 3.05) is 5.73 Å². The number of H-pyrrole nitrogens is 1. The highest BCUT2D eigenvalue weighted by Gasteiger charge is 2.24. The molecule has 0 atom stereocenters. The number of nitrogens with zero attached hydrogens (tertiary/aromatic N) is 3. The van der Waals surface area contributed by atoms with Crippen LogP contribution in [0.1, 0.15) is 27.2 Å². The van der Waals surface area contributed by atoms with Gasteiger partial charge in [-0.2, -0.15) is 0 Å². The van der Waals surface area contributed by atoms with Crippen molar-refractivity contribution in [3.05, 3.63) is 16.8 Å². The highest BCUT2D eigenvalue weighted by Crippen LogP contribution is 2.22. The minimum Gasteiger partial charge on any atom is -0.382 e. The maximum Gasteiger partial charge on any atom is 0.328 e. The number of anilines is 1. The molecule has 0 amide bonds. The Bertz CT molecular complexity index is 580. The summed E-state index contributed by atoms with van der Waals surface area (Å²) in [7, 11) is 0. The molecule has 0 aliphatic heterocycles. The van der Waals surface area contributed by atoms with Crippen LogP contribution in [0.4, 0.5) is 5.82 Å². The van der Waals surface area contributed by atoms with Gasteiger partial charge >= 0.3 is 5.69 Å². The van der Waals surface area contributed by atoms with Gasteiger partial charge in [-0.3, -0.25) is 4.57 Å². The van der Waals surface area contributed by atoms with Gasteiger partial charge < -0.3 is 10.7 Å². The lowest BCUT2D eigenvalue weighted by atomic mass is 10.0. The molecule has 2 aromatic rings. The van der Waals surface area contributed by atoms with E-state index in [1.165, 1.54) is 6.33 Å². The van der Waals surface area contributed by atoms with Gasteiger partial charge in [-0.1, -0.05) is 6.92 Å². The molecule has 0 saturated heterocycles. The smallest absolute Gasteiger partial charge is 0.328 e. The summed E-state index contributed by atoms with van der Waals surface area (Å²) < 4.78 is 1.63. The Morgan fingerprint density at radius 1 is 1.50 bits per heavy atom. The Hall–Kier alpha value is -1.85. The van der Waals surface area contributed by atoms with Crippen LogP contribution in [-0.2, 0) is 5.54 Å². The van der Waals surface area contributed by atoms with Crippen LogP contribution >= 0.6 is 0 Å². The fraction of sp³-hybridized carbons (Fsp3) is 0.500. The van der Waals surface area contributed by atoms with E-state index in [-0.39, 0.29) is 11.2 Å². The lowest BCUT2D eigenvalue weighted by Crippen LogP contribution is -2.34. The summed E-state index contributed by atoms with van der Waals surface area (Å²) in [5.74, 6) is 0.299. The molecular formula is C10H15N5O. The third-order valence-corrected chi connectivity index (χ3v) is 2.97. The molecule has 0 radical (unpaired) electrons. The highest BCUT2D eigenvalue weighted by atomic mass is 16.1. The average Bonchev–Trinajstić information content (AvgIpc) is 2.57. The van der Waals surface area contributed by atoms with Gasteiger partial charge in [-0.05, 0) is 20.3 Å². The number of nitrogens with two attached hydrogens (primary N) is 1. The van der Waals surface area contributed by atoms with Crippen molar-refractivity contribution in [2.24, 2.45) is 0 Å². The molecule has 0 bridgehead atoms. The van der Waals surface area contributed by atoms with Crippen molar-refractivity contribution in [3.8, 4) is 0 Å². The molecule has 2 rings (SSSR count). The van der Waals surface area contributed by atoms with Crippen LogP contribution in [0.3, 0.4) is 0 Å². The number of imidazole rings is 1. The summed E-state index contributed by atoms with van der Waals surface area (Å²) in [4.78, 5) is 22.5. The van der Waals surface area contributed by atoms with Crippen LogP contribution < -0.4 is 11.4 Å². The zero-order valence-electron chi connectivity index (χ0n) is 9.61. The number of hydrogen-bond donors (Lipinski definition) is 2. The molecule has 6 heteroatoms. The minimum atomic E-state index is -0.296. The van der Waals surface area contributed by atoms with Gasteiger partial charge in [0.1, 0.15) is 11.8 Å². The maximum atomic E-state index is 11.9. The van der Waals surface area contributed by atoms with Crippen LogP contribution in [0.25, 0.3) is 11.2 Å². The molecule has 0 unspecified atom stereocenters. The molecule has 2 heterocycles. The first-order valence-electron chi connectivity index (χ1n) is 5.19. The quantitative estimate of drug-likeness (QED) is 0.786. The highest BCUT2D eigenvalue weighted by molar-refractivity contribution is 5.81. The normalized spacial score (nSPS) is 12.2. The number of hydrogen-bond acceptors (Lipinski definition) is 4. The average molecular weight is 221 g/mol. The van der Waals surface area contributed by atoms with Gasteiger partial charge in [0.2, 0.25) is 0 Å². The summed E-state index contributed by atoms with van der Waals surface area (Å²) in [5, 5.41) is 0. The third-order valence-electron chi connectivity index (χ3n) is 2.97. The topological polar surface area (TPSA) is 89.6 Å². The van der Waals surface area contributed by atoms with Crippen molar-refractivity contribution in [3.63, 3.8) is 0 Å². The van der Waals surface area contributed by atoms with E-state index in [0.29, 0.717) is 17.0 Å². The van der Waals surface area contributed by atoms with E-state index >= 15 is 0 Å². The van der Waals surface area contributed by atoms with Gasteiger partial charge in [0.25, 0.3) is 0 Å². The Kier molecular flexibility index (Phi) is 2.22. The van der Waals surface area contributed by atoms with Gasteiger partial charge in [-0.25, -0.2) is 14.8 Å². The molecule has 6 nitrogen and oxygen atoms in total. The largest absolute Gasteiger partial charge is 0.382 e. The molecular weight excluding hydrogens is 206 g/mol. The second-order valence-electron chi connectivity index (χ2n) is 4.39. The van der Waals surface area contributed by atoms with E-state index in [2.05, 4.69) is 15.0 Å². The van der Waals surface area contributed by atoms with E-state index < -0.39 is 0 Å². The number of rotatable bonds is 2. The number of aromatic nitrogens is 4. The Labute approximate surface area is 92.5 Å². The van der Waals surface area contributed by atoms with Gasteiger partial charge in [0.05, 0.1) is 0 Å². The van der Waals surface area contributed by atoms with Gasteiger partial charge in [0.15, 0.2) is 11.5 Å². The van der Waals surface area contributed by atoms with Crippen LogP contribution in [0.5, 0.6) is 0 Å². The van der Waals surface area contributed by atoms with Crippen LogP contribution in [0.2, 0.25) is 0 Å².